The van der Waals surface area contributed by atoms with E-state index in [4.69, 9.17) is 5.26 Å². The van der Waals surface area contributed by atoms with E-state index in [0.717, 1.165) is 18.8 Å². The SMILES string of the molecule is CCN1C[C@H](C(=O)N2CCN(c3ccc(C#N)nc3)CC2)CC1=O. The fourth-order valence-corrected chi connectivity index (χ4v) is 3.33. The number of carbonyl (C=O) groups is 2. The molecule has 2 amide bonds. The predicted octanol–water partition coefficient (Wildman–Crippen LogP) is 0.470. The Hall–Kier alpha value is -2.62. The third kappa shape index (κ3) is 3.18. The van der Waals surface area contributed by atoms with Crippen molar-refractivity contribution in [3.8, 4) is 6.07 Å². The zero-order chi connectivity index (χ0) is 17.1. The molecule has 0 unspecified atom stereocenters. The minimum Gasteiger partial charge on any atom is -0.367 e. The monoisotopic (exact) mass is 327 g/mol. The molecule has 7 nitrogen and oxygen atoms in total. The van der Waals surface area contributed by atoms with E-state index in [0.29, 0.717) is 38.3 Å². The molecule has 126 valence electrons. The maximum absolute atomic E-state index is 12.6. The maximum atomic E-state index is 12.6. The molecule has 2 fully saturated rings. The largest absolute Gasteiger partial charge is 0.367 e. The number of anilines is 1. The number of hydrogen-bond acceptors (Lipinski definition) is 5. The lowest BCUT2D eigenvalue weighted by Gasteiger charge is -2.37. The van der Waals surface area contributed by atoms with E-state index in [1.165, 1.54) is 0 Å². The molecule has 2 aliphatic heterocycles. The molecule has 0 aliphatic carbocycles. The lowest BCUT2D eigenvalue weighted by molar-refractivity contribution is -0.136. The molecule has 3 rings (SSSR count). The molecule has 0 spiro atoms. The topological polar surface area (TPSA) is 80.5 Å². The van der Waals surface area contributed by atoms with Gasteiger partial charge < -0.3 is 14.7 Å². The maximum Gasteiger partial charge on any atom is 0.228 e. The molecule has 0 saturated carbocycles. The summed E-state index contributed by atoms with van der Waals surface area (Å²) in [4.78, 5) is 34.3. The van der Waals surface area contributed by atoms with Gasteiger partial charge in [0.25, 0.3) is 0 Å². The fourth-order valence-electron chi connectivity index (χ4n) is 3.33. The number of pyridine rings is 1. The van der Waals surface area contributed by atoms with E-state index in [2.05, 4.69) is 9.88 Å². The van der Waals surface area contributed by atoms with Crippen LogP contribution in [0.2, 0.25) is 0 Å². The lowest BCUT2D eigenvalue weighted by atomic mass is 10.1. The fraction of sp³-hybridized carbons (Fsp3) is 0.529. The minimum atomic E-state index is -0.194. The number of amides is 2. The van der Waals surface area contributed by atoms with Crippen molar-refractivity contribution >= 4 is 17.5 Å². The highest BCUT2D eigenvalue weighted by molar-refractivity contribution is 5.89. The van der Waals surface area contributed by atoms with Gasteiger partial charge >= 0.3 is 0 Å². The molecule has 0 radical (unpaired) electrons. The van der Waals surface area contributed by atoms with Crippen molar-refractivity contribution in [1.82, 2.24) is 14.8 Å². The average Bonchev–Trinajstić information content (AvgIpc) is 3.02. The summed E-state index contributed by atoms with van der Waals surface area (Å²) in [7, 11) is 0. The Morgan fingerprint density at radius 1 is 1.33 bits per heavy atom. The Balaban J connectivity index is 1.56. The molecule has 1 atom stereocenters. The van der Waals surface area contributed by atoms with E-state index in [-0.39, 0.29) is 17.7 Å². The Morgan fingerprint density at radius 2 is 2.08 bits per heavy atom. The zero-order valence-electron chi connectivity index (χ0n) is 13.8. The van der Waals surface area contributed by atoms with Crippen LogP contribution in [-0.4, -0.2) is 65.9 Å². The van der Waals surface area contributed by atoms with Gasteiger partial charge in [-0.3, -0.25) is 9.59 Å². The van der Waals surface area contributed by atoms with Crippen LogP contribution in [0.15, 0.2) is 18.3 Å². The highest BCUT2D eigenvalue weighted by atomic mass is 16.2. The van der Waals surface area contributed by atoms with Crippen molar-refractivity contribution in [1.29, 1.82) is 5.26 Å². The molecule has 2 aliphatic rings. The van der Waals surface area contributed by atoms with Crippen LogP contribution < -0.4 is 4.90 Å². The van der Waals surface area contributed by atoms with Gasteiger partial charge in [0.05, 0.1) is 17.8 Å². The second-order valence-corrected chi connectivity index (χ2v) is 6.16. The van der Waals surface area contributed by atoms with Gasteiger partial charge in [-0.05, 0) is 19.1 Å². The smallest absolute Gasteiger partial charge is 0.228 e. The molecule has 3 heterocycles. The van der Waals surface area contributed by atoms with Crippen LogP contribution in [0.5, 0.6) is 0 Å². The third-order valence-electron chi connectivity index (χ3n) is 4.76. The van der Waals surface area contributed by atoms with Crippen molar-refractivity contribution in [2.45, 2.75) is 13.3 Å². The normalized spacial score (nSPS) is 21.1. The number of nitriles is 1. The molecule has 1 aromatic rings. The lowest BCUT2D eigenvalue weighted by Crippen LogP contribution is -2.50. The van der Waals surface area contributed by atoms with Crippen LogP contribution in [0, 0.1) is 17.2 Å². The van der Waals surface area contributed by atoms with Crippen LogP contribution in [0.4, 0.5) is 5.69 Å². The molecule has 0 aromatic carbocycles. The summed E-state index contributed by atoms with van der Waals surface area (Å²) in [5.74, 6) is -0.0179. The Bertz CT molecular complexity index is 659. The van der Waals surface area contributed by atoms with Crippen molar-refractivity contribution in [3.63, 3.8) is 0 Å². The van der Waals surface area contributed by atoms with E-state index in [1.807, 2.05) is 24.0 Å². The highest BCUT2D eigenvalue weighted by Gasteiger charge is 2.36. The number of piperazine rings is 1. The molecule has 0 N–H and O–H groups in total. The number of likely N-dealkylation sites (tertiary alicyclic amines) is 1. The van der Waals surface area contributed by atoms with Gasteiger partial charge in [-0.15, -0.1) is 0 Å². The standard InChI is InChI=1S/C17H21N5O2/c1-2-20-12-13(9-16(20)23)17(24)22-7-5-21(6-8-22)15-4-3-14(10-18)19-11-15/h3-4,11,13H,2,5-9,12H2,1H3/t13-/m1/s1. The Morgan fingerprint density at radius 3 is 2.62 bits per heavy atom. The van der Waals surface area contributed by atoms with Gasteiger partial charge in [0, 0.05) is 45.7 Å². The predicted molar refractivity (Wildman–Crippen MR) is 88.1 cm³/mol. The highest BCUT2D eigenvalue weighted by Crippen LogP contribution is 2.22. The van der Waals surface area contributed by atoms with Crippen LogP contribution >= 0.6 is 0 Å². The average molecular weight is 327 g/mol. The van der Waals surface area contributed by atoms with Crippen LogP contribution in [0.25, 0.3) is 0 Å². The molecule has 1 aromatic heterocycles. The van der Waals surface area contributed by atoms with Crippen molar-refractivity contribution in [2.75, 3.05) is 44.2 Å². The van der Waals surface area contributed by atoms with Gasteiger partial charge in [0.15, 0.2) is 0 Å². The first kappa shape index (κ1) is 16.2. The quantitative estimate of drug-likeness (QED) is 0.806. The summed E-state index contributed by atoms with van der Waals surface area (Å²) < 4.78 is 0. The molecular weight excluding hydrogens is 306 g/mol. The first-order valence-electron chi connectivity index (χ1n) is 8.30. The van der Waals surface area contributed by atoms with Gasteiger partial charge in [0.1, 0.15) is 11.8 Å². The second-order valence-electron chi connectivity index (χ2n) is 6.16. The molecule has 24 heavy (non-hydrogen) atoms. The van der Waals surface area contributed by atoms with Crippen molar-refractivity contribution in [3.05, 3.63) is 24.0 Å². The van der Waals surface area contributed by atoms with E-state index in [9.17, 15) is 9.59 Å². The number of carbonyl (C=O) groups excluding carboxylic acids is 2. The summed E-state index contributed by atoms with van der Waals surface area (Å²) in [5.41, 5.74) is 1.37. The van der Waals surface area contributed by atoms with E-state index in [1.54, 1.807) is 17.2 Å². The van der Waals surface area contributed by atoms with E-state index >= 15 is 0 Å². The molecule has 7 heteroatoms. The summed E-state index contributed by atoms with van der Waals surface area (Å²) in [6.07, 6.45) is 2.04. The summed E-state index contributed by atoms with van der Waals surface area (Å²) in [6, 6.07) is 5.60. The van der Waals surface area contributed by atoms with Crippen molar-refractivity contribution < 1.29 is 9.59 Å². The van der Waals surface area contributed by atoms with Crippen LogP contribution in [0.3, 0.4) is 0 Å². The van der Waals surface area contributed by atoms with Gasteiger partial charge in [-0.25, -0.2) is 4.98 Å². The summed E-state index contributed by atoms with van der Waals surface area (Å²) in [5, 5.41) is 8.80. The number of aromatic nitrogens is 1. The van der Waals surface area contributed by atoms with Gasteiger partial charge in [-0.1, -0.05) is 0 Å². The first-order valence-corrected chi connectivity index (χ1v) is 8.30. The summed E-state index contributed by atoms with van der Waals surface area (Å²) >= 11 is 0. The van der Waals surface area contributed by atoms with Crippen LogP contribution in [-0.2, 0) is 9.59 Å². The molecule has 2 saturated heterocycles. The zero-order valence-corrected chi connectivity index (χ0v) is 13.8. The van der Waals surface area contributed by atoms with Crippen LogP contribution in [0.1, 0.15) is 19.0 Å². The third-order valence-corrected chi connectivity index (χ3v) is 4.76. The van der Waals surface area contributed by atoms with Gasteiger partial charge in [0.2, 0.25) is 11.8 Å². The second kappa shape index (κ2) is 6.87. The number of rotatable bonds is 3. The summed E-state index contributed by atoms with van der Waals surface area (Å²) in [6.45, 7) is 5.92. The Labute approximate surface area is 141 Å². The minimum absolute atomic E-state index is 0.0816. The van der Waals surface area contributed by atoms with Crippen molar-refractivity contribution in [2.24, 2.45) is 5.92 Å². The number of hydrogen-bond donors (Lipinski definition) is 0. The number of nitrogens with zero attached hydrogens (tertiary/aromatic N) is 5. The van der Waals surface area contributed by atoms with Gasteiger partial charge in [-0.2, -0.15) is 5.26 Å². The molecule has 0 bridgehead atoms. The molecular formula is C17H21N5O2. The van der Waals surface area contributed by atoms with E-state index < -0.39 is 0 Å². The first-order chi connectivity index (χ1) is 11.6. The Kier molecular flexibility index (Phi) is 4.65.